The highest BCUT2D eigenvalue weighted by molar-refractivity contribution is 5.78. The number of carbonyl (C=O) groups is 1. The van der Waals surface area contributed by atoms with Crippen molar-refractivity contribution < 1.29 is 9.53 Å². The van der Waals surface area contributed by atoms with Crippen LogP contribution in [0.5, 0.6) is 0 Å². The first-order valence-electron chi connectivity index (χ1n) is 4.97. The molecule has 0 radical (unpaired) electrons. The normalized spacial score (nSPS) is 20.6. The van der Waals surface area contributed by atoms with Gasteiger partial charge in [-0.25, -0.2) is 0 Å². The van der Waals surface area contributed by atoms with Crippen molar-refractivity contribution in [3.05, 3.63) is 30.1 Å². The zero-order valence-corrected chi connectivity index (χ0v) is 8.67. The van der Waals surface area contributed by atoms with Crippen LogP contribution >= 0.6 is 0 Å². The number of aromatic nitrogens is 1. The number of amides is 1. The molecule has 1 atom stereocenters. The van der Waals surface area contributed by atoms with Crippen LogP contribution in [-0.4, -0.2) is 35.0 Å². The highest BCUT2D eigenvalue weighted by atomic mass is 16.5. The van der Waals surface area contributed by atoms with Crippen molar-refractivity contribution in [2.75, 3.05) is 13.2 Å². The summed E-state index contributed by atoms with van der Waals surface area (Å²) in [6.45, 7) is 0.745. The molecule has 0 bridgehead atoms. The van der Waals surface area contributed by atoms with E-state index in [1.54, 1.807) is 12.4 Å². The Morgan fingerprint density at radius 1 is 1.69 bits per heavy atom. The second-order valence-electron chi connectivity index (χ2n) is 3.54. The third-order valence-corrected chi connectivity index (χ3v) is 2.42. The lowest BCUT2D eigenvalue weighted by atomic mass is 10.2. The van der Waals surface area contributed by atoms with Crippen molar-refractivity contribution in [1.29, 1.82) is 5.26 Å². The summed E-state index contributed by atoms with van der Waals surface area (Å²) in [5.41, 5.74) is 0.915. The number of nitriles is 1. The van der Waals surface area contributed by atoms with Crippen LogP contribution in [0.15, 0.2) is 24.5 Å². The van der Waals surface area contributed by atoms with Gasteiger partial charge in [0, 0.05) is 18.9 Å². The summed E-state index contributed by atoms with van der Waals surface area (Å²) in [5.74, 6) is -0.151. The molecule has 1 unspecified atom stereocenters. The van der Waals surface area contributed by atoms with E-state index < -0.39 is 6.04 Å². The molecular formula is C11H11N3O2. The Hall–Kier alpha value is -1.93. The van der Waals surface area contributed by atoms with Gasteiger partial charge >= 0.3 is 0 Å². The summed E-state index contributed by atoms with van der Waals surface area (Å²) in [4.78, 5) is 17.1. The van der Waals surface area contributed by atoms with Crippen LogP contribution in [0.2, 0.25) is 0 Å². The quantitative estimate of drug-likeness (QED) is 0.716. The lowest BCUT2D eigenvalue weighted by Gasteiger charge is -2.31. The standard InChI is InChI=1S/C11H11N3O2/c12-4-10-7-16-8-11(15)14(10)6-9-2-1-3-13-5-9/h1-3,5,10H,6-8H2. The Balaban J connectivity index is 2.12. The van der Waals surface area contributed by atoms with Gasteiger partial charge < -0.3 is 9.64 Å². The van der Waals surface area contributed by atoms with Crippen molar-refractivity contribution in [1.82, 2.24) is 9.88 Å². The smallest absolute Gasteiger partial charge is 0.250 e. The van der Waals surface area contributed by atoms with Gasteiger partial charge in [0.15, 0.2) is 0 Å². The number of pyridine rings is 1. The highest BCUT2D eigenvalue weighted by Crippen LogP contribution is 2.12. The molecule has 0 N–H and O–H groups in total. The van der Waals surface area contributed by atoms with E-state index in [0.717, 1.165) is 5.56 Å². The number of ether oxygens (including phenoxy) is 1. The van der Waals surface area contributed by atoms with Crippen LogP contribution < -0.4 is 0 Å². The van der Waals surface area contributed by atoms with Gasteiger partial charge in [-0.2, -0.15) is 5.26 Å². The zero-order chi connectivity index (χ0) is 11.4. The van der Waals surface area contributed by atoms with E-state index in [1.807, 2.05) is 12.1 Å². The van der Waals surface area contributed by atoms with Crippen LogP contribution in [0.25, 0.3) is 0 Å². The van der Waals surface area contributed by atoms with Gasteiger partial charge in [-0.1, -0.05) is 6.07 Å². The summed E-state index contributed by atoms with van der Waals surface area (Å²) < 4.78 is 5.02. The van der Waals surface area contributed by atoms with E-state index in [2.05, 4.69) is 11.1 Å². The maximum atomic E-state index is 11.6. The topological polar surface area (TPSA) is 66.2 Å². The largest absolute Gasteiger partial charge is 0.368 e. The fourth-order valence-corrected chi connectivity index (χ4v) is 1.60. The van der Waals surface area contributed by atoms with Crippen LogP contribution in [0, 0.1) is 11.3 Å². The predicted molar refractivity (Wildman–Crippen MR) is 55.0 cm³/mol. The average Bonchev–Trinajstić information content (AvgIpc) is 2.33. The van der Waals surface area contributed by atoms with E-state index in [9.17, 15) is 4.79 Å². The third kappa shape index (κ3) is 2.18. The fraction of sp³-hybridized carbons (Fsp3) is 0.364. The molecule has 1 aromatic rings. The van der Waals surface area contributed by atoms with Gasteiger partial charge in [-0.3, -0.25) is 9.78 Å². The SMILES string of the molecule is N#CC1COCC(=O)N1Cc1cccnc1. The minimum atomic E-state index is -0.499. The maximum absolute atomic E-state index is 11.6. The molecule has 2 heterocycles. The van der Waals surface area contributed by atoms with Crippen LogP contribution in [0.1, 0.15) is 5.56 Å². The molecule has 16 heavy (non-hydrogen) atoms. The Kier molecular flexibility index (Phi) is 3.13. The Morgan fingerprint density at radius 3 is 3.25 bits per heavy atom. The van der Waals surface area contributed by atoms with Crippen molar-refractivity contribution >= 4 is 5.91 Å². The molecule has 1 amide bonds. The molecule has 0 spiro atoms. The first kappa shape index (κ1) is 10.6. The summed E-state index contributed by atoms with van der Waals surface area (Å²) >= 11 is 0. The van der Waals surface area contributed by atoms with E-state index in [-0.39, 0.29) is 19.1 Å². The molecule has 2 rings (SSSR count). The number of carbonyl (C=O) groups excluding carboxylic acids is 1. The molecule has 1 saturated heterocycles. The lowest BCUT2D eigenvalue weighted by Crippen LogP contribution is -2.48. The van der Waals surface area contributed by atoms with Crippen molar-refractivity contribution in [3.8, 4) is 6.07 Å². The minimum Gasteiger partial charge on any atom is -0.368 e. The van der Waals surface area contributed by atoms with Crippen LogP contribution in [-0.2, 0) is 16.1 Å². The Labute approximate surface area is 93.3 Å². The van der Waals surface area contributed by atoms with Gasteiger partial charge in [0.2, 0.25) is 5.91 Å². The second-order valence-corrected chi connectivity index (χ2v) is 3.54. The van der Waals surface area contributed by atoms with Gasteiger partial charge in [0.05, 0.1) is 12.7 Å². The molecule has 1 aliphatic rings. The first-order chi connectivity index (χ1) is 7.81. The van der Waals surface area contributed by atoms with E-state index in [0.29, 0.717) is 6.54 Å². The predicted octanol–water partition coefficient (Wildman–Crippen LogP) is 0.333. The molecule has 5 heteroatoms. The molecular weight excluding hydrogens is 206 g/mol. The second kappa shape index (κ2) is 4.73. The lowest BCUT2D eigenvalue weighted by molar-refractivity contribution is -0.146. The number of rotatable bonds is 2. The van der Waals surface area contributed by atoms with Crippen LogP contribution in [0.3, 0.4) is 0 Å². The molecule has 0 aliphatic carbocycles. The molecule has 0 saturated carbocycles. The van der Waals surface area contributed by atoms with E-state index in [1.165, 1.54) is 4.90 Å². The summed E-state index contributed by atoms with van der Waals surface area (Å²) in [7, 11) is 0. The van der Waals surface area contributed by atoms with Gasteiger partial charge in [0.1, 0.15) is 12.6 Å². The molecule has 82 valence electrons. The van der Waals surface area contributed by atoms with Gasteiger partial charge in [-0.15, -0.1) is 0 Å². The molecule has 1 aliphatic heterocycles. The number of nitrogens with zero attached hydrogens (tertiary/aromatic N) is 3. The maximum Gasteiger partial charge on any atom is 0.250 e. The zero-order valence-electron chi connectivity index (χ0n) is 8.67. The molecule has 1 fully saturated rings. The Bertz CT molecular complexity index is 413. The molecule has 5 nitrogen and oxygen atoms in total. The van der Waals surface area contributed by atoms with E-state index >= 15 is 0 Å². The Morgan fingerprint density at radius 2 is 2.56 bits per heavy atom. The van der Waals surface area contributed by atoms with Gasteiger partial charge in [0.25, 0.3) is 0 Å². The van der Waals surface area contributed by atoms with Gasteiger partial charge in [-0.05, 0) is 11.6 Å². The van der Waals surface area contributed by atoms with E-state index in [4.69, 9.17) is 10.00 Å². The van der Waals surface area contributed by atoms with Crippen molar-refractivity contribution in [2.45, 2.75) is 12.6 Å². The number of hydrogen-bond donors (Lipinski definition) is 0. The monoisotopic (exact) mass is 217 g/mol. The first-order valence-corrected chi connectivity index (χ1v) is 4.97. The summed E-state index contributed by atoms with van der Waals surface area (Å²) in [6, 6.07) is 5.25. The average molecular weight is 217 g/mol. The number of morpholine rings is 1. The minimum absolute atomic E-state index is 0.0540. The fourth-order valence-electron chi connectivity index (χ4n) is 1.60. The molecule has 0 aromatic carbocycles. The number of hydrogen-bond acceptors (Lipinski definition) is 4. The van der Waals surface area contributed by atoms with Crippen molar-refractivity contribution in [3.63, 3.8) is 0 Å². The summed E-state index contributed by atoms with van der Waals surface area (Å²) in [5, 5.41) is 8.92. The van der Waals surface area contributed by atoms with Crippen LogP contribution in [0.4, 0.5) is 0 Å². The third-order valence-electron chi connectivity index (χ3n) is 2.42. The molecule has 1 aromatic heterocycles. The summed E-state index contributed by atoms with van der Waals surface area (Å²) in [6.07, 6.45) is 3.36. The van der Waals surface area contributed by atoms with Crippen molar-refractivity contribution in [2.24, 2.45) is 0 Å². The highest BCUT2D eigenvalue weighted by Gasteiger charge is 2.28.